The summed E-state index contributed by atoms with van der Waals surface area (Å²) in [5.41, 5.74) is 7.14. The Morgan fingerprint density at radius 3 is 2.33 bits per heavy atom. The predicted octanol–water partition coefficient (Wildman–Crippen LogP) is 6.36. The van der Waals surface area contributed by atoms with Crippen LogP contribution in [0.5, 0.6) is 0 Å². The van der Waals surface area contributed by atoms with Gasteiger partial charge in [0.1, 0.15) is 0 Å². The van der Waals surface area contributed by atoms with Gasteiger partial charge in [-0.15, -0.1) is 0 Å². The Balaban J connectivity index is 1.18. The standard InChI is InChI=1S/C33H32N2O3S/c36-39(37,31-13-5-2-6-14-31)34-30-21-26-16-17-28(20-29(26)22-30)33-23-27-12-7-8-15-32(27)35(33)18-9-19-38-24-25-10-3-1-4-11-25/h1-8,10-17,20,23,30,34H,9,18-19,21-22,24H2. The summed E-state index contributed by atoms with van der Waals surface area (Å²) in [4.78, 5) is 0.305. The van der Waals surface area contributed by atoms with Gasteiger partial charge in [-0.3, -0.25) is 0 Å². The summed E-state index contributed by atoms with van der Waals surface area (Å²) in [5.74, 6) is 0. The Morgan fingerprint density at radius 1 is 0.795 bits per heavy atom. The van der Waals surface area contributed by atoms with Crippen molar-refractivity contribution in [2.45, 2.75) is 43.4 Å². The fourth-order valence-electron chi connectivity index (χ4n) is 5.53. The van der Waals surface area contributed by atoms with E-state index in [1.165, 1.54) is 33.3 Å². The number of hydrogen-bond donors (Lipinski definition) is 1. The highest BCUT2D eigenvalue weighted by atomic mass is 32.2. The largest absolute Gasteiger partial charge is 0.377 e. The number of benzene rings is 4. The van der Waals surface area contributed by atoms with Crippen LogP contribution in [0.2, 0.25) is 0 Å². The van der Waals surface area contributed by atoms with Crippen LogP contribution in [0.1, 0.15) is 23.1 Å². The molecule has 1 aliphatic rings. The minimum atomic E-state index is -3.55. The SMILES string of the molecule is O=S(=O)(NC1Cc2ccc(-c3cc4ccccc4n3CCCOCc3ccccc3)cc2C1)c1ccccc1. The molecule has 0 saturated carbocycles. The van der Waals surface area contributed by atoms with Crippen molar-refractivity contribution in [2.75, 3.05) is 6.61 Å². The zero-order chi connectivity index (χ0) is 26.7. The van der Waals surface area contributed by atoms with Crippen molar-refractivity contribution in [3.63, 3.8) is 0 Å². The van der Waals surface area contributed by atoms with Crippen LogP contribution in [0.25, 0.3) is 22.2 Å². The summed E-state index contributed by atoms with van der Waals surface area (Å²) in [7, 11) is -3.55. The topological polar surface area (TPSA) is 60.3 Å². The number of ether oxygens (including phenoxy) is 1. The molecule has 1 atom stereocenters. The quantitative estimate of drug-likeness (QED) is 0.211. The van der Waals surface area contributed by atoms with Crippen LogP contribution >= 0.6 is 0 Å². The number of nitrogens with zero attached hydrogens (tertiary/aromatic N) is 1. The minimum Gasteiger partial charge on any atom is -0.377 e. The number of aryl methyl sites for hydroxylation is 1. The van der Waals surface area contributed by atoms with Crippen molar-refractivity contribution in [2.24, 2.45) is 0 Å². The highest BCUT2D eigenvalue weighted by Crippen LogP contribution is 2.33. The number of fused-ring (bicyclic) bond motifs is 2. The summed E-state index contributed by atoms with van der Waals surface area (Å²) in [5, 5.41) is 1.21. The minimum absolute atomic E-state index is 0.145. The van der Waals surface area contributed by atoms with Gasteiger partial charge in [0.25, 0.3) is 0 Å². The van der Waals surface area contributed by atoms with E-state index in [9.17, 15) is 8.42 Å². The van der Waals surface area contributed by atoms with Gasteiger partial charge < -0.3 is 9.30 Å². The van der Waals surface area contributed by atoms with Crippen molar-refractivity contribution < 1.29 is 13.2 Å². The predicted molar refractivity (Wildman–Crippen MR) is 156 cm³/mol. The van der Waals surface area contributed by atoms with Gasteiger partial charge in [-0.2, -0.15) is 0 Å². The first-order valence-corrected chi connectivity index (χ1v) is 14.9. The van der Waals surface area contributed by atoms with E-state index in [4.69, 9.17) is 4.74 Å². The summed E-state index contributed by atoms with van der Waals surface area (Å²) >= 11 is 0. The third-order valence-corrected chi connectivity index (χ3v) is 8.94. The van der Waals surface area contributed by atoms with E-state index in [0.717, 1.165) is 18.5 Å². The molecule has 4 aromatic carbocycles. The second-order valence-corrected chi connectivity index (χ2v) is 11.9. The first-order valence-electron chi connectivity index (χ1n) is 13.5. The lowest BCUT2D eigenvalue weighted by molar-refractivity contribution is 0.116. The Morgan fingerprint density at radius 2 is 1.51 bits per heavy atom. The molecule has 1 aromatic heterocycles. The number of rotatable bonds is 10. The normalized spacial score (nSPS) is 15.0. The van der Waals surface area contributed by atoms with Crippen molar-refractivity contribution in [1.82, 2.24) is 9.29 Å². The first-order chi connectivity index (χ1) is 19.1. The average molecular weight is 537 g/mol. The molecule has 1 N–H and O–H groups in total. The van der Waals surface area contributed by atoms with Crippen LogP contribution in [0.3, 0.4) is 0 Å². The van der Waals surface area contributed by atoms with Gasteiger partial charge in [-0.25, -0.2) is 13.1 Å². The second-order valence-electron chi connectivity index (χ2n) is 10.2. The molecule has 1 heterocycles. The molecule has 1 aliphatic carbocycles. The zero-order valence-electron chi connectivity index (χ0n) is 21.8. The molecule has 6 rings (SSSR count). The number of aromatic nitrogens is 1. The van der Waals surface area contributed by atoms with Crippen LogP contribution in [0.15, 0.2) is 114 Å². The molecule has 39 heavy (non-hydrogen) atoms. The first kappa shape index (κ1) is 25.6. The lowest BCUT2D eigenvalue weighted by atomic mass is 10.0. The zero-order valence-corrected chi connectivity index (χ0v) is 22.6. The highest BCUT2D eigenvalue weighted by Gasteiger charge is 2.27. The van der Waals surface area contributed by atoms with E-state index in [0.29, 0.717) is 31.0 Å². The van der Waals surface area contributed by atoms with Gasteiger partial charge in [0, 0.05) is 35.8 Å². The Hall–Kier alpha value is -3.71. The lowest BCUT2D eigenvalue weighted by Crippen LogP contribution is -2.35. The van der Waals surface area contributed by atoms with Crippen molar-refractivity contribution >= 4 is 20.9 Å². The number of sulfonamides is 1. The molecule has 0 fully saturated rings. The van der Waals surface area contributed by atoms with E-state index in [-0.39, 0.29) is 6.04 Å². The van der Waals surface area contributed by atoms with Gasteiger partial charge >= 0.3 is 0 Å². The van der Waals surface area contributed by atoms with E-state index in [1.807, 2.05) is 24.3 Å². The summed E-state index contributed by atoms with van der Waals surface area (Å²) < 4.78 is 37.0. The molecule has 6 heteroatoms. The molecule has 0 amide bonds. The maximum absolute atomic E-state index is 12.9. The maximum atomic E-state index is 12.9. The Kier molecular flexibility index (Phi) is 7.33. The molecule has 5 aromatic rings. The van der Waals surface area contributed by atoms with E-state index < -0.39 is 10.0 Å². The molecular weight excluding hydrogens is 504 g/mol. The van der Waals surface area contributed by atoms with Gasteiger partial charge in [0.15, 0.2) is 0 Å². The van der Waals surface area contributed by atoms with E-state index >= 15 is 0 Å². The number of nitrogens with one attached hydrogen (secondary N) is 1. The molecule has 0 bridgehead atoms. The fraction of sp³-hybridized carbons (Fsp3) is 0.212. The van der Waals surface area contributed by atoms with Crippen LogP contribution in [-0.2, 0) is 40.8 Å². The summed E-state index contributed by atoms with van der Waals surface area (Å²) in [6.45, 7) is 2.17. The lowest BCUT2D eigenvalue weighted by Gasteiger charge is -2.13. The third-order valence-electron chi connectivity index (χ3n) is 7.40. The molecule has 1 unspecified atom stereocenters. The van der Waals surface area contributed by atoms with Gasteiger partial charge in [-0.05, 0) is 71.8 Å². The van der Waals surface area contributed by atoms with E-state index in [1.54, 1.807) is 24.3 Å². The monoisotopic (exact) mass is 536 g/mol. The second kappa shape index (κ2) is 11.2. The molecule has 5 nitrogen and oxygen atoms in total. The van der Waals surface area contributed by atoms with Crippen LogP contribution in [-0.4, -0.2) is 25.6 Å². The van der Waals surface area contributed by atoms with Crippen molar-refractivity contribution in [3.05, 3.63) is 126 Å². The summed E-state index contributed by atoms with van der Waals surface area (Å²) in [6, 6.07) is 36.0. The molecule has 0 saturated heterocycles. The van der Waals surface area contributed by atoms with Gasteiger partial charge in [0.2, 0.25) is 10.0 Å². The molecule has 0 aliphatic heterocycles. The Labute approximate surface area is 230 Å². The van der Waals surface area contributed by atoms with Gasteiger partial charge in [0.05, 0.1) is 11.5 Å². The molecular formula is C33H32N2O3S. The average Bonchev–Trinajstić information content (AvgIpc) is 3.53. The number of hydrogen-bond acceptors (Lipinski definition) is 3. The highest BCUT2D eigenvalue weighted by molar-refractivity contribution is 7.89. The Bertz CT molecular complexity index is 1680. The van der Waals surface area contributed by atoms with Gasteiger partial charge in [-0.1, -0.05) is 78.9 Å². The smallest absolute Gasteiger partial charge is 0.240 e. The molecule has 0 radical (unpaired) electrons. The fourth-order valence-corrected chi connectivity index (χ4v) is 6.78. The van der Waals surface area contributed by atoms with Crippen LogP contribution in [0, 0.1) is 0 Å². The number of para-hydroxylation sites is 1. The van der Waals surface area contributed by atoms with Crippen LogP contribution in [0.4, 0.5) is 0 Å². The molecule has 198 valence electrons. The van der Waals surface area contributed by atoms with E-state index in [2.05, 4.69) is 70.0 Å². The maximum Gasteiger partial charge on any atom is 0.240 e. The van der Waals surface area contributed by atoms with Crippen LogP contribution < -0.4 is 4.72 Å². The molecule has 0 spiro atoms. The van der Waals surface area contributed by atoms with Crippen molar-refractivity contribution in [1.29, 1.82) is 0 Å². The summed E-state index contributed by atoms with van der Waals surface area (Å²) in [6.07, 6.45) is 2.29. The third kappa shape index (κ3) is 5.69. The van der Waals surface area contributed by atoms with Crippen molar-refractivity contribution in [3.8, 4) is 11.3 Å².